The Hall–Kier alpha value is 0.885. The van der Waals surface area contributed by atoms with E-state index in [2.05, 4.69) is 19.9 Å². The summed E-state index contributed by atoms with van der Waals surface area (Å²) in [7, 11) is 0. The number of rotatable bonds is 2. The maximum absolute atomic E-state index is 5.60. The fraction of sp³-hybridized carbons (Fsp3) is 0.700. The summed E-state index contributed by atoms with van der Waals surface area (Å²) in [5, 5.41) is 0. The molecule has 0 unspecified atom stereocenters. The van der Waals surface area contributed by atoms with E-state index < -0.39 is 0 Å². The second kappa shape index (κ2) is 9.14. The number of allylic oxidation sites excluding steroid dienone is 1. The molecule has 0 spiro atoms. The average molecular weight is 405 g/mol. The van der Waals surface area contributed by atoms with E-state index in [1.54, 1.807) is 0 Å². The van der Waals surface area contributed by atoms with Crippen LogP contribution in [-0.4, -0.2) is 18.5 Å². The van der Waals surface area contributed by atoms with Crippen molar-refractivity contribution in [1.82, 2.24) is 0 Å². The summed E-state index contributed by atoms with van der Waals surface area (Å²) in [6.45, 7) is 7.94. The zero-order chi connectivity index (χ0) is 8.97. The van der Waals surface area contributed by atoms with E-state index in [1.165, 1.54) is 0 Å². The smallest absolute Gasteiger partial charge is 1.00 e. The quantitative estimate of drug-likeness (QED) is 0.448. The van der Waals surface area contributed by atoms with E-state index in [-0.39, 0.29) is 58.6 Å². The van der Waals surface area contributed by atoms with Crippen molar-refractivity contribution in [2.75, 3.05) is 0 Å². The van der Waals surface area contributed by atoms with Crippen molar-refractivity contribution in [2.24, 2.45) is 0 Å². The molecular weight excluding hydrogens is 388 g/mol. The molecule has 0 aromatic rings. The van der Waals surface area contributed by atoms with Crippen LogP contribution in [0.15, 0.2) is 12.2 Å². The molecule has 78 valence electrons. The molecule has 4 heteroatoms. The van der Waals surface area contributed by atoms with Gasteiger partial charge in [-0.15, -0.1) is 0 Å². The molecule has 0 aromatic heterocycles. The largest absolute Gasteiger partial charge is 1.00 e. The molecule has 1 rings (SSSR count). The third-order valence-electron chi connectivity index (χ3n) is 1.91. The van der Waals surface area contributed by atoms with Crippen molar-refractivity contribution in [2.45, 2.75) is 45.2 Å². The van der Waals surface area contributed by atoms with E-state index in [0.29, 0.717) is 0 Å². The first-order valence-electron chi connectivity index (χ1n) is 4.53. The first kappa shape index (κ1) is 17.3. The van der Waals surface area contributed by atoms with Crippen molar-refractivity contribution in [1.29, 1.82) is 0 Å². The van der Waals surface area contributed by atoms with Crippen LogP contribution in [0, 0.1) is 6.92 Å². The number of ether oxygens (including phenoxy) is 2. The van der Waals surface area contributed by atoms with Gasteiger partial charge in [0.25, 0.3) is 0 Å². The third-order valence-corrected chi connectivity index (χ3v) is 1.91. The van der Waals surface area contributed by atoms with Gasteiger partial charge in [-0.3, -0.25) is 0 Å². The molecule has 0 N–H and O–H groups in total. The Morgan fingerprint density at radius 2 is 2.07 bits per heavy atom. The second-order valence-corrected chi connectivity index (χ2v) is 3.03. The van der Waals surface area contributed by atoms with E-state index in [9.17, 15) is 0 Å². The van der Waals surface area contributed by atoms with Crippen LogP contribution in [0.1, 0.15) is 26.7 Å². The van der Waals surface area contributed by atoms with E-state index in [4.69, 9.17) is 9.47 Å². The molecule has 1 heterocycles. The van der Waals surface area contributed by atoms with Crippen LogP contribution < -0.4 is 12.4 Å². The van der Waals surface area contributed by atoms with Gasteiger partial charge in [-0.25, -0.2) is 0 Å². The Bertz CT molecular complexity index is 164. The standard InChI is InChI=1S/C10H17O2.ClH.Hg/c1-4-6-9-7-8(3)11-10(5-2)12-9;;/h4,6,8-10H,3,5,7H2,1-2H3;1H;/q;;+1/p-1/b6-4+;;/t8-,9+,10-;;/m1../s1. The fourth-order valence-electron chi connectivity index (χ4n) is 1.34. The zero-order valence-corrected chi connectivity index (χ0v) is 15.2. The fourth-order valence-corrected chi connectivity index (χ4v) is 1.34. The summed E-state index contributed by atoms with van der Waals surface area (Å²) >= 11 is 0. The number of hydrogen-bond donors (Lipinski definition) is 0. The maximum Gasteiger partial charge on any atom is 1.00 e. The van der Waals surface area contributed by atoms with Gasteiger partial charge >= 0.3 is 27.7 Å². The Labute approximate surface area is 113 Å². The molecular formula is C10H17ClHgO2. The number of halogens is 1. The molecule has 0 saturated carbocycles. The molecule has 3 atom stereocenters. The van der Waals surface area contributed by atoms with Gasteiger partial charge in [-0.1, -0.05) is 19.1 Å². The van der Waals surface area contributed by atoms with Crippen LogP contribution in [0.4, 0.5) is 0 Å². The van der Waals surface area contributed by atoms with Crippen LogP contribution in [0.25, 0.3) is 0 Å². The molecule has 2 radical (unpaired) electrons. The van der Waals surface area contributed by atoms with E-state index in [1.807, 2.05) is 13.0 Å². The monoisotopic (exact) mass is 406 g/mol. The van der Waals surface area contributed by atoms with Crippen molar-refractivity contribution >= 4 is 0 Å². The SMILES string of the molecule is [CH2][C@@H]1C[C@H](/C=C/C)O[C@H](CC)O1.[Cl-].[Hg+]. The first-order chi connectivity index (χ1) is 5.76. The molecule has 1 aliphatic rings. The molecule has 1 fully saturated rings. The second-order valence-electron chi connectivity index (χ2n) is 3.03. The molecule has 2 nitrogen and oxygen atoms in total. The average Bonchev–Trinajstić information content (AvgIpc) is 2.04. The normalized spacial score (nSPS) is 32.1. The minimum absolute atomic E-state index is 0. The van der Waals surface area contributed by atoms with Crippen LogP contribution in [0.5, 0.6) is 0 Å². The first-order valence-corrected chi connectivity index (χ1v) is 4.53. The van der Waals surface area contributed by atoms with Crippen LogP contribution in [0.2, 0.25) is 0 Å². The van der Waals surface area contributed by atoms with E-state index >= 15 is 0 Å². The summed E-state index contributed by atoms with van der Waals surface area (Å²) in [5.74, 6) is 0. The zero-order valence-electron chi connectivity index (χ0n) is 8.91. The van der Waals surface area contributed by atoms with Crippen LogP contribution >= 0.6 is 0 Å². The molecule has 1 saturated heterocycles. The molecule has 1 aliphatic heterocycles. The van der Waals surface area contributed by atoms with Crippen LogP contribution in [0.3, 0.4) is 0 Å². The van der Waals surface area contributed by atoms with Crippen molar-refractivity contribution in [3.8, 4) is 0 Å². The van der Waals surface area contributed by atoms with Crippen molar-refractivity contribution in [3.63, 3.8) is 0 Å². The van der Waals surface area contributed by atoms with Gasteiger partial charge < -0.3 is 21.9 Å². The van der Waals surface area contributed by atoms with Gasteiger partial charge in [0.15, 0.2) is 6.29 Å². The Morgan fingerprint density at radius 3 is 2.57 bits per heavy atom. The van der Waals surface area contributed by atoms with E-state index in [0.717, 1.165) is 12.8 Å². The van der Waals surface area contributed by atoms with Gasteiger partial charge in [0, 0.05) is 6.42 Å². The summed E-state index contributed by atoms with van der Waals surface area (Å²) in [6.07, 6.45) is 6.02. The minimum atomic E-state index is -0.0672. The Balaban J connectivity index is 0. The minimum Gasteiger partial charge on any atom is -1.00 e. The third kappa shape index (κ3) is 5.69. The van der Waals surface area contributed by atoms with Gasteiger partial charge in [0.1, 0.15) is 0 Å². The molecule has 0 amide bonds. The molecule has 0 bridgehead atoms. The van der Waals surface area contributed by atoms with Crippen molar-refractivity contribution < 1.29 is 49.5 Å². The Kier molecular flexibility index (Phi) is 11.3. The predicted octanol–water partition coefficient (Wildman–Crippen LogP) is -0.692. The summed E-state index contributed by atoms with van der Waals surface area (Å²) < 4.78 is 11.0. The molecule has 14 heavy (non-hydrogen) atoms. The van der Waals surface area contributed by atoms with Gasteiger partial charge in [0.05, 0.1) is 12.2 Å². The summed E-state index contributed by atoms with van der Waals surface area (Å²) in [6, 6.07) is 0. The maximum atomic E-state index is 5.60. The van der Waals surface area contributed by atoms with Gasteiger partial charge in [0.2, 0.25) is 0 Å². The molecule has 0 aromatic carbocycles. The van der Waals surface area contributed by atoms with Crippen molar-refractivity contribution in [3.05, 3.63) is 19.1 Å². The molecule has 0 aliphatic carbocycles. The predicted molar refractivity (Wildman–Crippen MR) is 48.6 cm³/mol. The van der Waals surface area contributed by atoms with Gasteiger partial charge in [-0.05, 0) is 20.3 Å². The summed E-state index contributed by atoms with van der Waals surface area (Å²) in [5.41, 5.74) is 0. The van der Waals surface area contributed by atoms with Crippen LogP contribution in [-0.2, 0) is 37.1 Å². The summed E-state index contributed by atoms with van der Waals surface area (Å²) in [4.78, 5) is 0. The topological polar surface area (TPSA) is 18.5 Å². The van der Waals surface area contributed by atoms with Gasteiger partial charge in [-0.2, -0.15) is 0 Å². The Morgan fingerprint density at radius 1 is 1.43 bits per heavy atom. The number of hydrogen-bond acceptors (Lipinski definition) is 2.